The highest BCUT2D eigenvalue weighted by molar-refractivity contribution is 7.98. The molecule has 120 valence electrons. The van der Waals surface area contributed by atoms with Crippen LogP contribution in [-0.2, 0) is 5.75 Å². The van der Waals surface area contributed by atoms with Gasteiger partial charge in [-0.1, -0.05) is 11.8 Å². The van der Waals surface area contributed by atoms with Crippen LogP contribution >= 0.6 is 11.8 Å². The number of aromatic nitrogens is 6. The summed E-state index contributed by atoms with van der Waals surface area (Å²) in [5.74, 6) is 1.28. The molecule has 0 saturated carbocycles. The van der Waals surface area contributed by atoms with Crippen LogP contribution in [0.2, 0.25) is 0 Å². The number of hydrogen-bond acceptors (Lipinski definition) is 6. The first-order chi connectivity index (χ1) is 11.2. The lowest BCUT2D eigenvalue weighted by Gasteiger charge is -2.17. The van der Waals surface area contributed by atoms with Crippen LogP contribution in [0.15, 0.2) is 36.1 Å². The summed E-state index contributed by atoms with van der Waals surface area (Å²) < 4.78 is 3.15. The van der Waals surface area contributed by atoms with E-state index < -0.39 is 0 Å². The molecule has 0 radical (unpaired) electrons. The second-order valence-corrected chi connectivity index (χ2v) is 5.72. The van der Waals surface area contributed by atoms with Crippen molar-refractivity contribution in [2.75, 3.05) is 13.1 Å². The van der Waals surface area contributed by atoms with Gasteiger partial charge in [0.15, 0.2) is 0 Å². The Hall–Kier alpha value is -2.42. The molecule has 0 unspecified atom stereocenters. The number of nitrogens with zero attached hydrogens (tertiary/aromatic N) is 7. The van der Waals surface area contributed by atoms with Crippen LogP contribution in [0.1, 0.15) is 19.5 Å². The van der Waals surface area contributed by atoms with Crippen molar-refractivity contribution < 1.29 is 4.79 Å². The van der Waals surface area contributed by atoms with Crippen LogP contribution in [0, 0.1) is 0 Å². The third-order valence-electron chi connectivity index (χ3n) is 3.34. The summed E-state index contributed by atoms with van der Waals surface area (Å²) in [6, 6.07) is 1.69. The molecule has 0 bridgehead atoms. The van der Waals surface area contributed by atoms with Crippen molar-refractivity contribution in [1.29, 1.82) is 0 Å². The lowest BCUT2D eigenvalue weighted by molar-refractivity contribution is 0.201. The van der Waals surface area contributed by atoms with Crippen LogP contribution in [-0.4, -0.2) is 53.2 Å². The van der Waals surface area contributed by atoms with Crippen LogP contribution in [0.25, 0.3) is 5.78 Å². The van der Waals surface area contributed by atoms with E-state index in [2.05, 4.69) is 20.1 Å². The smallest absolute Gasteiger partial charge is 0.323 e. The Morgan fingerprint density at radius 2 is 2.13 bits per heavy atom. The highest BCUT2D eigenvalue weighted by Gasteiger charge is 2.14. The van der Waals surface area contributed by atoms with Crippen LogP contribution < -0.4 is 0 Å². The average Bonchev–Trinajstić information content (AvgIpc) is 3.20. The second kappa shape index (κ2) is 6.78. The minimum absolute atomic E-state index is 0.161. The fourth-order valence-corrected chi connectivity index (χ4v) is 2.82. The highest BCUT2D eigenvalue weighted by atomic mass is 32.2. The summed E-state index contributed by atoms with van der Waals surface area (Å²) in [6.45, 7) is 5.16. The molecule has 23 heavy (non-hydrogen) atoms. The maximum atomic E-state index is 12.2. The SMILES string of the molecule is CCN(CC)C(=O)n1cnc(SCc2cn3cccnc3n2)n1. The number of imidazole rings is 1. The van der Waals surface area contributed by atoms with Gasteiger partial charge in [-0.05, 0) is 19.9 Å². The zero-order valence-corrected chi connectivity index (χ0v) is 13.8. The van der Waals surface area contributed by atoms with E-state index in [1.807, 2.05) is 36.7 Å². The van der Waals surface area contributed by atoms with E-state index >= 15 is 0 Å². The Morgan fingerprint density at radius 3 is 2.87 bits per heavy atom. The van der Waals surface area contributed by atoms with Crippen molar-refractivity contribution in [3.05, 3.63) is 36.7 Å². The van der Waals surface area contributed by atoms with Gasteiger partial charge in [0.05, 0.1) is 5.69 Å². The minimum Gasteiger partial charge on any atom is -0.323 e. The maximum Gasteiger partial charge on any atom is 0.346 e. The molecule has 0 saturated heterocycles. The molecule has 3 aromatic heterocycles. The molecule has 0 aliphatic carbocycles. The lowest BCUT2D eigenvalue weighted by atomic mass is 10.5. The zero-order valence-electron chi connectivity index (χ0n) is 13.0. The minimum atomic E-state index is -0.161. The molecule has 3 aromatic rings. The van der Waals surface area contributed by atoms with Gasteiger partial charge in [0, 0.05) is 37.4 Å². The molecule has 3 heterocycles. The molecular formula is C14H17N7OS. The molecule has 0 N–H and O–H groups in total. The third kappa shape index (κ3) is 3.34. The fraction of sp³-hybridized carbons (Fsp3) is 0.357. The Labute approximate surface area is 137 Å². The summed E-state index contributed by atoms with van der Waals surface area (Å²) in [4.78, 5) is 26.6. The summed E-state index contributed by atoms with van der Waals surface area (Å²) in [7, 11) is 0. The maximum absolute atomic E-state index is 12.2. The van der Waals surface area contributed by atoms with Crippen LogP contribution in [0.3, 0.4) is 0 Å². The number of hydrogen-bond donors (Lipinski definition) is 0. The molecule has 0 aliphatic rings. The number of amides is 1. The lowest BCUT2D eigenvalue weighted by Crippen LogP contribution is -2.34. The van der Waals surface area contributed by atoms with Gasteiger partial charge in [-0.2, -0.15) is 4.68 Å². The van der Waals surface area contributed by atoms with Gasteiger partial charge in [0.25, 0.3) is 0 Å². The van der Waals surface area contributed by atoms with Crippen molar-refractivity contribution in [2.24, 2.45) is 0 Å². The van der Waals surface area contributed by atoms with E-state index in [9.17, 15) is 4.79 Å². The predicted octanol–water partition coefficient (Wildman–Crippen LogP) is 1.92. The molecule has 0 fully saturated rings. The molecule has 0 aliphatic heterocycles. The Balaban J connectivity index is 1.66. The first kappa shape index (κ1) is 15.5. The molecule has 1 amide bonds. The van der Waals surface area contributed by atoms with Crippen molar-refractivity contribution in [2.45, 2.75) is 24.8 Å². The van der Waals surface area contributed by atoms with E-state index in [4.69, 9.17) is 0 Å². The summed E-state index contributed by atoms with van der Waals surface area (Å²) >= 11 is 1.44. The molecule has 9 heteroatoms. The Kier molecular flexibility index (Phi) is 4.56. The summed E-state index contributed by atoms with van der Waals surface area (Å²) in [5, 5.41) is 4.77. The quantitative estimate of drug-likeness (QED) is 0.665. The number of carbonyl (C=O) groups is 1. The Morgan fingerprint density at radius 1 is 1.30 bits per heavy atom. The largest absolute Gasteiger partial charge is 0.346 e. The van der Waals surface area contributed by atoms with Gasteiger partial charge in [-0.25, -0.2) is 19.7 Å². The first-order valence-electron chi connectivity index (χ1n) is 7.33. The number of fused-ring (bicyclic) bond motifs is 1. The topological polar surface area (TPSA) is 81.2 Å². The van der Waals surface area contributed by atoms with E-state index in [1.165, 1.54) is 22.8 Å². The molecule has 0 aromatic carbocycles. The van der Waals surface area contributed by atoms with Crippen molar-refractivity contribution >= 4 is 23.6 Å². The third-order valence-corrected chi connectivity index (χ3v) is 4.22. The molecule has 8 nitrogen and oxygen atoms in total. The monoisotopic (exact) mass is 331 g/mol. The summed E-state index contributed by atoms with van der Waals surface area (Å²) in [5.41, 5.74) is 0.889. The van der Waals surface area contributed by atoms with Crippen LogP contribution in [0.4, 0.5) is 4.79 Å². The van der Waals surface area contributed by atoms with Crippen molar-refractivity contribution in [1.82, 2.24) is 34.0 Å². The van der Waals surface area contributed by atoms with Gasteiger partial charge in [0.1, 0.15) is 6.33 Å². The molecular weight excluding hydrogens is 314 g/mol. The molecule has 0 spiro atoms. The van der Waals surface area contributed by atoms with E-state index in [0.29, 0.717) is 29.8 Å². The van der Waals surface area contributed by atoms with E-state index in [0.717, 1.165) is 5.69 Å². The molecule has 0 atom stereocenters. The van der Waals surface area contributed by atoms with Gasteiger partial charge < -0.3 is 4.90 Å². The normalized spacial score (nSPS) is 11.0. The van der Waals surface area contributed by atoms with Gasteiger partial charge in [0.2, 0.25) is 10.9 Å². The highest BCUT2D eigenvalue weighted by Crippen LogP contribution is 2.18. The van der Waals surface area contributed by atoms with Crippen molar-refractivity contribution in [3.63, 3.8) is 0 Å². The standard InChI is InChI=1S/C14H17N7OS/c1-3-19(4-2)14(22)21-10-16-13(18-21)23-9-11-8-20-7-5-6-15-12(20)17-11/h5-8,10H,3-4,9H2,1-2H3. The van der Waals surface area contributed by atoms with Gasteiger partial charge >= 0.3 is 6.03 Å². The van der Waals surface area contributed by atoms with E-state index in [-0.39, 0.29) is 6.03 Å². The van der Waals surface area contributed by atoms with Gasteiger partial charge in [-0.15, -0.1) is 5.10 Å². The molecule has 3 rings (SSSR count). The average molecular weight is 331 g/mol. The second-order valence-electron chi connectivity index (χ2n) is 4.77. The number of thioether (sulfide) groups is 1. The van der Waals surface area contributed by atoms with Gasteiger partial charge in [-0.3, -0.25) is 4.40 Å². The summed E-state index contributed by atoms with van der Waals surface area (Å²) in [6.07, 6.45) is 6.99. The number of rotatable bonds is 5. The Bertz CT molecular complexity index is 775. The van der Waals surface area contributed by atoms with Crippen molar-refractivity contribution in [3.8, 4) is 0 Å². The predicted molar refractivity (Wildman–Crippen MR) is 86.3 cm³/mol. The van der Waals surface area contributed by atoms with Crippen LogP contribution in [0.5, 0.6) is 0 Å². The zero-order chi connectivity index (χ0) is 16.2. The van der Waals surface area contributed by atoms with E-state index in [1.54, 1.807) is 11.1 Å². The fourth-order valence-electron chi connectivity index (χ4n) is 2.13. The first-order valence-corrected chi connectivity index (χ1v) is 8.32. The number of carbonyl (C=O) groups excluding carboxylic acids is 1.